The monoisotopic (exact) mass is 327 g/mol. The van der Waals surface area contributed by atoms with Crippen LogP contribution in [0.25, 0.3) is 16.7 Å². The maximum Gasteiger partial charge on any atom is 0.206 e. The fraction of sp³-hybridized carbons (Fsp3) is 0.0714. The van der Waals surface area contributed by atoms with Crippen molar-refractivity contribution in [2.24, 2.45) is 0 Å². The van der Waals surface area contributed by atoms with Crippen molar-refractivity contribution in [2.45, 2.75) is 6.92 Å². The highest BCUT2D eigenvalue weighted by Crippen LogP contribution is 2.34. The summed E-state index contributed by atoms with van der Waals surface area (Å²) in [6.45, 7) is 1.62. The predicted octanol–water partition coefficient (Wildman–Crippen LogP) is 4.50. The zero-order valence-corrected chi connectivity index (χ0v) is 12.3. The molecule has 0 aliphatic heterocycles. The van der Waals surface area contributed by atoms with Gasteiger partial charge >= 0.3 is 0 Å². The third-order valence-corrected chi connectivity index (χ3v) is 3.74. The topological polar surface area (TPSA) is 43.8 Å². The van der Waals surface area contributed by atoms with Gasteiger partial charge in [-0.1, -0.05) is 23.2 Å². The maximum absolute atomic E-state index is 13.6. The van der Waals surface area contributed by atoms with Crippen molar-refractivity contribution in [3.05, 3.63) is 51.5 Å². The lowest BCUT2D eigenvalue weighted by molar-refractivity contribution is 0.620. The SMILES string of the molecule is Cc1cc2c(cc1F)nc(N)n2-c1c(Cl)cc(F)cc1Cl. The van der Waals surface area contributed by atoms with Gasteiger partial charge < -0.3 is 5.73 Å². The number of hydrogen-bond acceptors (Lipinski definition) is 2. The molecular formula is C14H9Cl2F2N3. The van der Waals surface area contributed by atoms with E-state index in [0.29, 0.717) is 22.3 Å². The first-order valence-electron chi connectivity index (χ1n) is 5.97. The minimum Gasteiger partial charge on any atom is -0.369 e. The lowest BCUT2D eigenvalue weighted by Crippen LogP contribution is -2.03. The van der Waals surface area contributed by atoms with E-state index in [1.807, 2.05) is 0 Å². The average Bonchev–Trinajstić information content (AvgIpc) is 2.66. The van der Waals surface area contributed by atoms with Crippen molar-refractivity contribution in [3.8, 4) is 5.69 Å². The summed E-state index contributed by atoms with van der Waals surface area (Å²) in [5.41, 5.74) is 7.53. The van der Waals surface area contributed by atoms with Gasteiger partial charge in [0.1, 0.15) is 11.6 Å². The van der Waals surface area contributed by atoms with E-state index in [9.17, 15) is 8.78 Å². The number of nitrogen functional groups attached to an aromatic ring is 1. The van der Waals surface area contributed by atoms with E-state index in [-0.39, 0.29) is 21.8 Å². The number of benzene rings is 2. The van der Waals surface area contributed by atoms with Crippen LogP contribution in [0.15, 0.2) is 24.3 Å². The predicted molar refractivity (Wildman–Crippen MR) is 80.2 cm³/mol. The molecular weight excluding hydrogens is 319 g/mol. The molecule has 0 amide bonds. The first-order valence-corrected chi connectivity index (χ1v) is 6.73. The highest BCUT2D eigenvalue weighted by atomic mass is 35.5. The molecule has 0 unspecified atom stereocenters. The molecule has 0 saturated heterocycles. The molecule has 108 valence electrons. The molecule has 1 heterocycles. The van der Waals surface area contributed by atoms with Gasteiger partial charge in [-0.25, -0.2) is 13.8 Å². The zero-order valence-electron chi connectivity index (χ0n) is 10.8. The van der Waals surface area contributed by atoms with Gasteiger partial charge in [-0.05, 0) is 30.7 Å². The molecule has 0 aliphatic rings. The number of nitrogens with two attached hydrogens (primary N) is 1. The van der Waals surface area contributed by atoms with Crippen LogP contribution in [0.1, 0.15) is 5.56 Å². The third-order valence-electron chi connectivity index (χ3n) is 3.17. The summed E-state index contributed by atoms with van der Waals surface area (Å²) in [5.74, 6) is -0.854. The van der Waals surface area contributed by atoms with Gasteiger partial charge in [-0.2, -0.15) is 0 Å². The Morgan fingerprint density at radius 2 is 1.71 bits per heavy atom. The fourth-order valence-electron chi connectivity index (χ4n) is 2.20. The van der Waals surface area contributed by atoms with Gasteiger partial charge in [0.25, 0.3) is 0 Å². The van der Waals surface area contributed by atoms with Crippen LogP contribution in [0, 0.1) is 18.6 Å². The molecule has 0 spiro atoms. The first-order chi connectivity index (χ1) is 9.88. The lowest BCUT2D eigenvalue weighted by Gasteiger charge is -2.11. The van der Waals surface area contributed by atoms with Crippen LogP contribution in [0.4, 0.5) is 14.7 Å². The first kappa shape index (κ1) is 14.1. The third kappa shape index (κ3) is 2.22. The Morgan fingerprint density at radius 3 is 2.33 bits per heavy atom. The Bertz CT molecular complexity index is 851. The second-order valence-electron chi connectivity index (χ2n) is 4.61. The molecule has 3 nitrogen and oxygen atoms in total. The Balaban J connectivity index is 2.41. The van der Waals surface area contributed by atoms with Crippen LogP contribution in [0.3, 0.4) is 0 Å². The van der Waals surface area contributed by atoms with Crippen molar-refractivity contribution in [1.29, 1.82) is 0 Å². The Labute approximate surface area is 128 Å². The van der Waals surface area contributed by atoms with Crippen molar-refractivity contribution in [1.82, 2.24) is 9.55 Å². The van der Waals surface area contributed by atoms with Crippen molar-refractivity contribution in [2.75, 3.05) is 5.73 Å². The molecule has 1 aromatic heterocycles. The highest BCUT2D eigenvalue weighted by molar-refractivity contribution is 6.38. The molecule has 0 atom stereocenters. The smallest absolute Gasteiger partial charge is 0.206 e. The standard InChI is InChI=1S/C14H9Cl2F2N3/c1-6-2-12-11(5-10(6)18)20-14(19)21(12)13-8(15)3-7(17)4-9(13)16/h2-5H,1H3,(H2,19,20). The summed E-state index contributed by atoms with van der Waals surface area (Å²) in [6.07, 6.45) is 0. The number of anilines is 1. The minimum atomic E-state index is -0.557. The molecule has 0 aliphatic carbocycles. The number of aromatic nitrogens is 2. The molecule has 0 radical (unpaired) electrons. The van der Waals surface area contributed by atoms with E-state index in [1.54, 1.807) is 13.0 Å². The Kier molecular flexibility index (Phi) is 3.26. The Hall–Kier alpha value is -1.85. The van der Waals surface area contributed by atoms with Crippen LogP contribution in [-0.4, -0.2) is 9.55 Å². The summed E-state index contributed by atoms with van der Waals surface area (Å²) in [7, 11) is 0. The van der Waals surface area contributed by atoms with E-state index < -0.39 is 5.82 Å². The maximum atomic E-state index is 13.6. The number of halogens is 4. The van der Waals surface area contributed by atoms with Gasteiger partial charge in [-0.3, -0.25) is 4.57 Å². The molecule has 21 heavy (non-hydrogen) atoms. The molecule has 7 heteroatoms. The molecule has 0 fully saturated rings. The van der Waals surface area contributed by atoms with Crippen molar-refractivity contribution in [3.63, 3.8) is 0 Å². The van der Waals surface area contributed by atoms with E-state index in [0.717, 1.165) is 12.1 Å². The molecule has 2 aromatic carbocycles. The summed E-state index contributed by atoms with van der Waals surface area (Å²) in [6, 6.07) is 5.13. The molecule has 0 saturated carbocycles. The van der Waals surface area contributed by atoms with Gasteiger partial charge in [0.05, 0.1) is 26.8 Å². The molecule has 3 aromatic rings. The number of imidazole rings is 1. The highest BCUT2D eigenvalue weighted by Gasteiger charge is 2.18. The van der Waals surface area contributed by atoms with Crippen LogP contribution < -0.4 is 5.73 Å². The average molecular weight is 328 g/mol. The Morgan fingerprint density at radius 1 is 1.10 bits per heavy atom. The van der Waals surface area contributed by atoms with Gasteiger partial charge in [-0.15, -0.1) is 0 Å². The minimum absolute atomic E-state index is 0.0883. The second kappa shape index (κ2) is 4.86. The molecule has 3 rings (SSSR count). The fourth-order valence-corrected chi connectivity index (χ4v) is 2.83. The van der Waals surface area contributed by atoms with Crippen LogP contribution >= 0.6 is 23.2 Å². The number of nitrogens with zero attached hydrogens (tertiary/aromatic N) is 2. The second-order valence-corrected chi connectivity index (χ2v) is 5.43. The van der Waals surface area contributed by atoms with Gasteiger partial charge in [0.2, 0.25) is 5.95 Å². The summed E-state index contributed by atoms with van der Waals surface area (Å²) in [5, 5.41) is 0.181. The summed E-state index contributed by atoms with van der Waals surface area (Å²) >= 11 is 12.1. The summed E-state index contributed by atoms with van der Waals surface area (Å²) in [4.78, 5) is 4.09. The van der Waals surface area contributed by atoms with E-state index in [4.69, 9.17) is 28.9 Å². The van der Waals surface area contributed by atoms with Gasteiger partial charge in [0.15, 0.2) is 0 Å². The molecule has 2 N–H and O–H groups in total. The quantitative estimate of drug-likeness (QED) is 0.715. The van der Waals surface area contributed by atoms with Crippen LogP contribution in [-0.2, 0) is 0 Å². The number of fused-ring (bicyclic) bond motifs is 1. The zero-order chi connectivity index (χ0) is 15.3. The van der Waals surface area contributed by atoms with Crippen LogP contribution in [0.2, 0.25) is 10.0 Å². The van der Waals surface area contributed by atoms with Crippen molar-refractivity contribution >= 4 is 40.2 Å². The summed E-state index contributed by atoms with van der Waals surface area (Å²) < 4.78 is 28.4. The number of aryl methyl sites for hydroxylation is 1. The normalized spacial score (nSPS) is 11.3. The molecule has 0 bridgehead atoms. The van der Waals surface area contributed by atoms with Gasteiger partial charge in [0, 0.05) is 6.07 Å². The van der Waals surface area contributed by atoms with Crippen LogP contribution in [0.5, 0.6) is 0 Å². The van der Waals surface area contributed by atoms with Crippen molar-refractivity contribution < 1.29 is 8.78 Å². The number of rotatable bonds is 1. The van der Waals surface area contributed by atoms with E-state index >= 15 is 0 Å². The van der Waals surface area contributed by atoms with E-state index in [2.05, 4.69) is 4.98 Å². The van der Waals surface area contributed by atoms with E-state index in [1.165, 1.54) is 10.6 Å². The largest absolute Gasteiger partial charge is 0.369 e. The lowest BCUT2D eigenvalue weighted by atomic mass is 10.2. The number of hydrogen-bond donors (Lipinski definition) is 1.